The zero-order valence-electron chi connectivity index (χ0n) is 15.8. The molecule has 144 valence electrons. The Morgan fingerprint density at radius 1 is 1.26 bits per heavy atom. The van der Waals surface area contributed by atoms with Gasteiger partial charge in [0.1, 0.15) is 18.1 Å². The molecule has 1 N–H and O–H groups in total. The van der Waals surface area contributed by atoms with Crippen molar-refractivity contribution in [3.63, 3.8) is 0 Å². The topological polar surface area (TPSA) is 77.8 Å². The van der Waals surface area contributed by atoms with E-state index in [1.165, 1.54) is 0 Å². The van der Waals surface area contributed by atoms with Gasteiger partial charge in [0.2, 0.25) is 0 Å². The van der Waals surface area contributed by atoms with Crippen molar-refractivity contribution < 1.29 is 23.5 Å². The normalized spacial score (nSPS) is 25.5. The number of aryl methyl sites for hydroxylation is 1. The largest absolute Gasteiger partial charge is 0.465 e. The van der Waals surface area contributed by atoms with Crippen molar-refractivity contribution >= 4 is 11.8 Å². The first-order valence-electron chi connectivity index (χ1n) is 9.63. The minimum atomic E-state index is -0.514. The average molecular weight is 371 g/mol. The molecule has 4 rings (SSSR count). The summed E-state index contributed by atoms with van der Waals surface area (Å²) in [6, 6.07) is 3.70. The Bertz CT molecular complexity index is 825. The number of furan rings is 1. The van der Waals surface area contributed by atoms with Gasteiger partial charge in [-0.2, -0.15) is 0 Å². The molecule has 0 radical (unpaired) electrons. The zero-order chi connectivity index (χ0) is 19.0. The highest BCUT2D eigenvalue weighted by Gasteiger charge is 2.40. The van der Waals surface area contributed by atoms with Crippen LogP contribution in [0.2, 0.25) is 0 Å². The first-order chi connectivity index (χ1) is 13.0. The molecule has 3 heterocycles. The maximum absolute atomic E-state index is 13.0. The van der Waals surface area contributed by atoms with Crippen LogP contribution in [-0.2, 0) is 19.1 Å². The highest BCUT2D eigenvalue weighted by molar-refractivity contribution is 6.03. The summed E-state index contributed by atoms with van der Waals surface area (Å²) < 4.78 is 17.0. The van der Waals surface area contributed by atoms with Crippen molar-refractivity contribution in [1.82, 2.24) is 5.32 Å². The number of nitrogens with one attached hydrogen (secondary N) is 1. The number of dihydropyridines is 1. The Labute approximate surface area is 158 Å². The van der Waals surface area contributed by atoms with Crippen LogP contribution in [0, 0.1) is 6.92 Å². The van der Waals surface area contributed by atoms with Gasteiger partial charge in [0.25, 0.3) is 0 Å². The molecule has 27 heavy (non-hydrogen) atoms. The van der Waals surface area contributed by atoms with Crippen LogP contribution >= 0.6 is 0 Å². The van der Waals surface area contributed by atoms with Crippen molar-refractivity contribution in [1.29, 1.82) is 0 Å². The first-order valence-corrected chi connectivity index (χ1v) is 9.63. The standard InChI is InChI=1S/C21H25NO5/c1-12-8-9-17(27-12)20-18(21(24)26-11-14-5-4-10-25-14)13(2)22-15-6-3-7-16(23)19(15)20/h8-9,14,20,22H,3-7,10-11H2,1-2H3/t14-,20+/m1/s1. The molecule has 0 saturated carbocycles. The highest BCUT2D eigenvalue weighted by atomic mass is 16.6. The molecule has 0 spiro atoms. The predicted octanol–water partition coefficient (Wildman–Crippen LogP) is 3.28. The highest BCUT2D eigenvalue weighted by Crippen LogP contribution is 2.43. The maximum Gasteiger partial charge on any atom is 0.336 e. The van der Waals surface area contributed by atoms with Crippen LogP contribution in [0.25, 0.3) is 0 Å². The van der Waals surface area contributed by atoms with Crippen LogP contribution in [0.15, 0.2) is 39.1 Å². The Morgan fingerprint density at radius 3 is 2.81 bits per heavy atom. The van der Waals surface area contributed by atoms with Gasteiger partial charge in [0, 0.05) is 30.0 Å². The Balaban J connectivity index is 1.67. The molecule has 1 aliphatic carbocycles. The molecule has 0 aromatic carbocycles. The van der Waals surface area contributed by atoms with Crippen LogP contribution < -0.4 is 5.32 Å². The SMILES string of the molecule is CC1=C(C(=O)OC[C@H]2CCCO2)[C@H](c2ccc(C)o2)C2=C(CCCC2=O)N1. The molecular weight excluding hydrogens is 346 g/mol. The number of carbonyl (C=O) groups is 2. The van der Waals surface area contributed by atoms with Crippen LogP contribution in [0.1, 0.15) is 56.5 Å². The van der Waals surface area contributed by atoms with E-state index in [1.54, 1.807) is 0 Å². The van der Waals surface area contributed by atoms with Crippen LogP contribution in [0.3, 0.4) is 0 Å². The molecule has 0 bridgehead atoms. The lowest BCUT2D eigenvalue weighted by molar-refractivity contribution is -0.142. The number of rotatable bonds is 4. The van der Waals surface area contributed by atoms with Gasteiger partial charge >= 0.3 is 5.97 Å². The van der Waals surface area contributed by atoms with Crippen LogP contribution in [0.4, 0.5) is 0 Å². The average Bonchev–Trinajstić information content (AvgIpc) is 3.30. The van der Waals surface area contributed by atoms with E-state index in [9.17, 15) is 9.59 Å². The number of carbonyl (C=O) groups excluding carboxylic acids is 2. The summed E-state index contributed by atoms with van der Waals surface area (Å²) in [6.45, 7) is 4.66. The maximum atomic E-state index is 13.0. The third kappa shape index (κ3) is 3.46. The molecule has 2 aliphatic heterocycles. The minimum Gasteiger partial charge on any atom is -0.465 e. The predicted molar refractivity (Wildman–Crippen MR) is 97.8 cm³/mol. The van der Waals surface area contributed by atoms with Gasteiger partial charge in [0.05, 0.1) is 17.6 Å². The number of esters is 1. The Hall–Kier alpha value is -2.34. The van der Waals surface area contributed by atoms with Gasteiger partial charge in [0.15, 0.2) is 5.78 Å². The van der Waals surface area contributed by atoms with Crippen LogP contribution in [0.5, 0.6) is 0 Å². The lowest BCUT2D eigenvalue weighted by Crippen LogP contribution is -2.34. The van der Waals surface area contributed by atoms with Crippen molar-refractivity contribution in [2.75, 3.05) is 13.2 Å². The van der Waals surface area contributed by atoms with Gasteiger partial charge in [-0.05, 0) is 51.7 Å². The van der Waals surface area contributed by atoms with Crippen molar-refractivity contribution in [3.8, 4) is 0 Å². The molecule has 0 unspecified atom stereocenters. The van der Waals surface area contributed by atoms with E-state index in [1.807, 2.05) is 26.0 Å². The molecule has 3 aliphatic rings. The van der Waals surface area contributed by atoms with E-state index in [-0.39, 0.29) is 18.5 Å². The monoisotopic (exact) mass is 371 g/mol. The quantitative estimate of drug-likeness (QED) is 0.819. The molecule has 6 heteroatoms. The number of hydrogen-bond acceptors (Lipinski definition) is 6. The number of allylic oxidation sites excluding steroid dienone is 3. The van der Waals surface area contributed by atoms with Crippen LogP contribution in [-0.4, -0.2) is 31.1 Å². The molecule has 1 fully saturated rings. The fourth-order valence-corrected chi connectivity index (χ4v) is 4.17. The zero-order valence-corrected chi connectivity index (χ0v) is 15.8. The molecule has 0 amide bonds. The van der Waals surface area contributed by atoms with Gasteiger partial charge in [-0.1, -0.05) is 0 Å². The third-order valence-corrected chi connectivity index (χ3v) is 5.47. The van der Waals surface area contributed by atoms with Gasteiger partial charge in [-0.3, -0.25) is 4.79 Å². The first kappa shape index (κ1) is 18.0. The second kappa shape index (κ2) is 7.35. The molecule has 1 saturated heterocycles. The second-order valence-electron chi connectivity index (χ2n) is 7.45. The molecule has 2 atom stereocenters. The van der Waals surface area contributed by atoms with E-state index in [4.69, 9.17) is 13.9 Å². The van der Waals surface area contributed by atoms with Crippen molar-refractivity contribution in [2.24, 2.45) is 0 Å². The van der Waals surface area contributed by atoms with Crippen molar-refractivity contribution in [2.45, 2.75) is 58.0 Å². The number of ether oxygens (including phenoxy) is 2. The fourth-order valence-electron chi connectivity index (χ4n) is 4.17. The summed E-state index contributed by atoms with van der Waals surface area (Å²) in [4.78, 5) is 25.7. The third-order valence-electron chi connectivity index (χ3n) is 5.47. The van der Waals surface area contributed by atoms with Crippen molar-refractivity contribution in [3.05, 3.63) is 46.2 Å². The summed E-state index contributed by atoms with van der Waals surface area (Å²) in [7, 11) is 0. The smallest absolute Gasteiger partial charge is 0.336 e. The molecule has 6 nitrogen and oxygen atoms in total. The van der Waals surface area contributed by atoms with E-state index < -0.39 is 11.9 Å². The molecular formula is C21H25NO5. The van der Waals surface area contributed by atoms with E-state index in [2.05, 4.69) is 5.32 Å². The van der Waals surface area contributed by atoms with Gasteiger partial charge < -0.3 is 19.2 Å². The number of Topliss-reactive ketones (excluding diaryl/α,β-unsaturated/α-hetero) is 1. The lowest BCUT2D eigenvalue weighted by Gasteiger charge is -2.33. The molecule has 1 aromatic rings. The Morgan fingerprint density at radius 2 is 2.11 bits per heavy atom. The van der Waals surface area contributed by atoms with Gasteiger partial charge in [-0.15, -0.1) is 0 Å². The minimum absolute atomic E-state index is 0.0400. The van der Waals surface area contributed by atoms with E-state index in [0.717, 1.165) is 42.8 Å². The second-order valence-corrected chi connectivity index (χ2v) is 7.45. The summed E-state index contributed by atoms with van der Waals surface area (Å²) in [5.74, 6) is 0.498. The summed E-state index contributed by atoms with van der Waals surface area (Å²) in [5, 5.41) is 3.28. The summed E-state index contributed by atoms with van der Waals surface area (Å²) >= 11 is 0. The Kier molecular flexibility index (Phi) is 4.91. The van der Waals surface area contributed by atoms with E-state index >= 15 is 0 Å². The van der Waals surface area contributed by atoms with E-state index in [0.29, 0.717) is 29.9 Å². The lowest BCUT2D eigenvalue weighted by atomic mass is 9.77. The summed E-state index contributed by atoms with van der Waals surface area (Å²) in [6.07, 6.45) is 3.96. The van der Waals surface area contributed by atoms with Gasteiger partial charge in [-0.25, -0.2) is 4.79 Å². The molecule has 1 aromatic heterocycles. The number of ketones is 1. The number of hydrogen-bond donors (Lipinski definition) is 1. The summed E-state index contributed by atoms with van der Waals surface area (Å²) in [5.41, 5.74) is 2.72. The fraction of sp³-hybridized carbons (Fsp3) is 0.524.